The number of aryl methyl sites for hydroxylation is 3. The van der Waals surface area contributed by atoms with Gasteiger partial charge in [-0.3, -0.25) is 4.68 Å². The molecule has 1 aliphatic carbocycles. The molecular formula is C20H23ClN6S. The Morgan fingerprint density at radius 1 is 1.25 bits per heavy atom. The lowest BCUT2D eigenvalue weighted by atomic mass is 9.72. The van der Waals surface area contributed by atoms with Crippen molar-refractivity contribution in [3.63, 3.8) is 0 Å². The SMILES string of the molecule is Cc1nn(C)c(-c2nc3c4c5c(sc4ncn3n2)CC(C(C)(C)C)CC5)c1Cl. The van der Waals surface area contributed by atoms with Crippen molar-refractivity contribution in [2.45, 2.75) is 47.0 Å². The third kappa shape index (κ3) is 2.59. The van der Waals surface area contributed by atoms with Crippen molar-refractivity contribution >= 4 is 38.8 Å². The highest BCUT2D eigenvalue weighted by atomic mass is 35.5. The second kappa shape index (κ2) is 6.00. The summed E-state index contributed by atoms with van der Waals surface area (Å²) in [6.07, 6.45) is 5.16. The summed E-state index contributed by atoms with van der Waals surface area (Å²) in [7, 11) is 1.87. The summed E-state index contributed by atoms with van der Waals surface area (Å²) in [6, 6.07) is 0. The van der Waals surface area contributed by atoms with Gasteiger partial charge in [-0.1, -0.05) is 32.4 Å². The molecule has 0 saturated heterocycles. The van der Waals surface area contributed by atoms with Gasteiger partial charge in [0.1, 0.15) is 16.9 Å². The average Bonchev–Trinajstić information content (AvgIpc) is 3.26. The summed E-state index contributed by atoms with van der Waals surface area (Å²) >= 11 is 8.28. The maximum atomic E-state index is 6.46. The van der Waals surface area contributed by atoms with Crippen LogP contribution >= 0.6 is 22.9 Å². The lowest BCUT2D eigenvalue weighted by Crippen LogP contribution is -2.26. The summed E-state index contributed by atoms with van der Waals surface area (Å²) in [5, 5.41) is 10.8. The van der Waals surface area contributed by atoms with Gasteiger partial charge in [0, 0.05) is 11.9 Å². The van der Waals surface area contributed by atoms with Crippen LogP contribution in [0.15, 0.2) is 6.33 Å². The molecule has 0 aromatic carbocycles. The number of nitrogens with zero attached hydrogens (tertiary/aromatic N) is 6. The first-order valence-electron chi connectivity index (χ1n) is 9.59. The maximum absolute atomic E-state index is 6.46. The molecule has 4 aromatic rings. The van der Waals surface area contributed by atoms with Gasteiger partial charge >= 0.3 is 0 Å². The van der Waals surface area contributed by atoms with Gasteiger partial charge in [0.05, 0.1) is 16.1 Å². The van der Waals surface area contributed by atoms with Crippen molar-refractivity contribution < 1.29 is 0 Å². The summed E-state index contributed by atoms with van der Waals surface area (Å²) in [5.74, 6) is 1.29. The van der Waals surface area contributed by atoms with Crippen LogP contribution in [0.5, 0.6) is 0 Å². The molecule has 6 nitrogen and oxygen atoms in total. The minimum atomic E-state index is 0.326. The largest absolute Gasteiger partial charge is 0.263 e. The van der Waals surface area contributed by atoms with Gasteiger partial charge in [-0.05, 0) is 43.1 Å². The summed E-state index contributed by atoms with van der Waals surface area (Å²) in [5.41, 5.74) is 4.12. The van der Waals surface area contributed by atoms with Crippen LogP contribution in [0, 0.1) is 18.3 Å². The van der Waals surface area contributed by atoms with E-state index in [9.17, 15) is 0 Å². The van der Waals surface area contributed by atoms with Crippen molar-refractivity contribution in [3.05, 3.63) is 27.5 Å². The predicted octanol–water partition coefficient (Wildman–Crippen LogP) is 4.85. The van der Waals surface area contributed by atoms with Crippen molar-refractivity contribution in [1.82, 2.24) is 29.4 Å². The molecule has 0 aliphatic heterocycles. The van der Waals surface area contributed by atoms with Crippen LogP contribution in [-0.4, -0.2) is 29.4 Å². The topological polar surface area (TPSA) is 60.9 Å². The summed E-state index contributed by atoms with van der Waals surface area (Å²) in [4.78, 5) is 12.1. The lowest BCUT2D eigenvalue weighted by molar-refractivity contribution is 0.218. The number of rotatable bonds is 1. The van der Waals surface area contributed by atoms with E-state index in [4.69, 9.17) is 16.6 Å². The van der Waals surface area contributed by atoms with Crippen molar-refractivity contribution in [3.8, 4) is 11.5 Å². The molecule has 0 bridgehead atoms. The molecule has 5 rings (SSSR count). The normalized spacial score (nSPS) is 17.6. The molecule has 0 radical (unpaired) electrons. The first-order chi connectivity index (χ1) is 13.2. The average molecular weight is 415 g/mol. The van der Waals surface area contributed by atoms with E-state index in [1.807, 2.05) is 25.3 Å². The van der Waals surface area contributed by atoms with Gasteiger partial charge in [-0.2, -0.15) is 5.10 Å². The Kier molecular flexibility index (Phi) is 3.87. The standard InChI is InChI=1S/C20H23ClN6S/c1-10-15(21)16(26(5)24-10)17-23-18-14-12-7-6-11(20(2,3)4)8-13(12)28-19(14)22-9-27(18)25-17/h9,11H,6-8H2,1-5H3. The van der Waals surface area contributed by atoms with Gasteiger partial charge in [0.15, 0.2) is 5.65 Å². The van der Waals surface area contributed by atoms with Crippen LogP contribution in [-0.2, 0) is 19.9 Å². The number of fused-ring (bicyclic) bond motifs is 5. The van der Waals surface area contributed by atoms with E-state index in [0.29, 0.717) is 22.2 Å². The van der Waals surface area contributed by atoms with Crippen molar-refractivity contribution in [2.75, 3.05) is 0 Å². The highest BCUT2D eigenvalue weighted by Crippen LogP contribution is 2.43. The molecule has 1 unspecified atom stereocenters. The molecule has 0 N–H and O–H groups in total. The van der Waals surface area contributed by atoms with E-state index in [0.717, 1.165) is 40.1 Å². The monoisotopic (exact) mass is 414 g/mol. The quantitative estimate of drug-likeness (QED) is 0.446. The van der Waals surface area contributed by atoms with Gasteiger partial charge in [0.2, 0.25) is 5.82 Å². The number of hydrogen-bond donors (Lipinski definition) is 0. The Morgan fingerprint density at radius 3 is 2.71 bits per heavy atom. The molecule has 1 aliphatic rings. The third-order valence-electron chi connectivity index (χ3n) is 5.97. The van der Waals surface area contributed by atoms with E-state index < -0.39 is 0 Å². The second-order valence-electron chi connectivity index (χ2n) is 8.81. The maximum Gasteiger partial charge on any atom is 0.202 e. The first kappa shape index (κ1) is 18.1. The Labute approximate surface area is 172 Å². The molecule has 8 heteroatoms. The van der Waals surface area contributed by atoms with Gasteiger partial charge in [-0.15, -0.1) is 16.4 Å². The summed E-state index contributed by atoms with van der Waals surface area (Å²) in [6.45, 7) is 8.92. The fraction of sp³-hybridized carbons (Fsp3) is 0.500. The van der Waals surface area contributed by atoms with Crippen LogP contribution in [0.3, 0.4) is 0 Å². The van der Waals surface area contributed by atoms with E-state index >= 15 is 0 Å². The fourth-order valence-corrected chi connectivity index (χ4v) is 5.80. The third-order valence-corrected chi connectivity index (χ3v) is 7.59. The Hall–Kier alpha value is -1.99. The smallest absolute Gasteiger partial charge is 0.202 e. The number of thiophene rings is 1. The molecule has 28 heavy (non-hydrogen) atoms. The number of aromatic nitrogens is 6. The van der Waals surface area contributed by atoms with Gasteiger partial charge in [-0.25, -0.2) is 14.5 Å². The van der Waals surface area contributed by atoms with E-state index in [-0.39, 0.29) is 0 Å². The number of hydrogen-bond acceptors (Lipinski definition) is 5. The first-order valence-corrected chi connectivity index (χ1v) is 10.8. The molecule has 4 heterocycles. The van der Waals surface area contributed by atoms with Gasteiger partial charge < -0.3 is 0 Å². The molecule has 1 atom stereocenters. The Morgan fingerprint density at radius 2 is 2.04 bits per heavy atom. The highest BCUT2D eigenvalue weighted by Gasteiger charge is 2.32. The van der Waals surface area contributed by atoms with Crippen LogP contribution in [0.25, 0.3) is 27.4 Å². The molecule has 0 spiro atoms. The predicted molar refractivity (Wildman–Crippen MR) is 113 cm³/mol. The minimum Gasteiger partial charge on any atom is -0.263 e. The van der Waals surface area contributed by atoms with Crippen LogP contribution in [0.1, 0.15) is 43.3 Å². The highest BCUT2D eigenvalue weighted by molar-refractivity contribution is 7.19. The van der Waals surface area contributed by atoms with E-state index in [2.05, 4.69) is 36.0 Å². The number of halogens is 1. The summed E-state index contributed by atoms with van der Waals surface area (Å²) < 4.78 is 3.52. The van der Waals surface area contributed by atoms with E-state index in [1.165, 1.54) is 16.9 Å². The van der Waals surface area contributed by atoms with Crippen LogP contribution in [0.2, 0.25) is 5.02 Å². The Balaban J connectivity index is 1.69. The lowest BCUT2D eigenvalue weighted by Gasteiger charge is -2.33. The van der Waals surface area contributed by atoms with E-state index in [1.54, 1.807) is 15.5 Å². The van der Waals surface area contributed by atoms with Crippen molar-refractivity contribution in [2.24, 2.45) is 18.4 Å². The molecule has 4 aromatic heterocycles. The van der Waals surface area contributed by atoms with Crippen molar-refractivity contribution in [1.29, 1.82) is 0 Å². The fourth-order valence-electron chi connectivity index (χ4n) is 4.29. The minimum absolute atomic E-state index is 0.326. The zero-order valence-corrected chi connectivity index (χ0v) is 18.3. The molecular weight excluding hydrogens is 392 g/mol. The van der Waals surface area contributed by atoms with Crippen LogP contribution < -0.4 is 0 Å². The Bertz CT molecular complexity index is 1230. The molecule has 146 valence electrons. The molecule has 0 amide bonds. The zero-order chi connectivity index (χ0) is 19.8. The second-order valence-corrected chi connectivity index (χ2v) is 10.3. The van der Waals surface area contributed by atoms with Gasteiger partial charge in [0.25, 0.3) is 0 Å². The zero-order valence-electron chi connectivity index (χ0n) is 16.7. The molecule has 0 fully saturated rings. The van der Waals surface area contributed by atoms with Crippen LogP contribution in [0.4, 0.5) is 0 Å². The molecule has 0 saturated carbocycles.